The zero-order valence-electron chi connectivity index (χ0n) is 8.21. The van der Waals surface area contributed by atoms with Gasteiger partial charge in [-0.2, -0.15) is 0 Å². The van der Waals surface area contributed by atoms with E-state index in [2.05, 4.69) is 5.32 Å². The Labute approximate surface area is 83.2 Å². The molecule has 2 atom stereocenters. The van der Waals surface area contributed by atoms with Crippen LogP contribution in [-0.2, 0) is 9.59 Å². The van der Waals surface area contributed by atoms with Gasteiger partial charge in [-0.25, -0.2) is 0 Å². The van der Waals surface area contributed by atoms with E-state index in [-0.39, 0.29) is 17.7 Å². The minimum atomic E-state index is -0.405. The number of carbonyl (C=O) groups excluding carboxylic acids is 2. The number of carbonyl (C=O) groups is 2. The van der Waals surface area contributed by atoms with Crippen molar-refractivity contribution in [2.45, 2.75) is 50.1 Å². The summed E-state index contributed by atoms with van der Waals surface area (Å²) in [7, 11) is 0. The lowest BCUT2D eigenvalue weighted by Crippen LogP contribution is -2.53. The summed E-state index contributed by atoms with van der Waals surface area (Å²) in [6.45, 7) is 0. The van der Waals surface area contributed by atoms with E-state index in [1.807, 2.05) is 0 Å². The number of rotatable bonds is 1. The van der Waals surface area contributed by atoms with Gasteiger partial charge >= 0.3 is 0 Å². The third kappa shape index (κ3) is 1.43. The minimum absolute atomic E-state index is 0.271. The number of ketones is 1. The second-order valence-corrected chi connectivity index (χ2v) is 4.35. The van der Waals surface area contributed by atoms with Crippen molar-refractivity contribution < 1.29 is 9.59 Å². The van der Waals surface area contributed by atoms with Gasteiger partial charge in [0.2, 0.25) is 5.91 Å². The molecule has 0 aromatic heterocycles. The Balaban J connectivity index is 2.10. The van der Waals surface area contributed by atoms with Crippen LogP contribution in [0.4, 0.5) is 0 Å². The van der Waals surface area contributed by atoms with Crippen LogP contribution in [0.2, 0.25) is 0 Å². The van der Waals surface area contributed by atoms with E-state index in [1.54, 1.807) is 0 Å². The first-order valence-electron chi connectivity index (χ1n) is 5.24. The largest absolute Gasteiger partial charge is 0.368 e. The molecule has 2 aliphatic rings. The highest BCUT2D eigenvalue weighted by Gasteiger charge is 2.46. The van der Waals surface area contributed by atoms with Crippen molar-refractivity contribution in [2.24, 2.45) is 5.73 Å². The van der Waals surface area contributed by atoms with Gasteiger partial charge in [0.05, 0.1) is 11.6 Å². The van der Waals surface area contributed by atoms with Crippen molar-refractivity contribution in [3.63, 3.8) is 0 Å². The van der Waals surface area contributed by atoms with Crippen molar-refractivity contribution in [2.75, 3.05) is 0 Å². The smallest absolute Gasteiger partial charge is 0.234 e. The van der Waals surface area contributed by atoms with Gasteiger partial charge in [0.25, 0.3) is 0 Å². The molecule has 0 aromatic rings. The third-order valence-corrected chi connectivity index (χ3v) is 3.44. The molecule has 4 nitrogen and oxygen atoms in total. The number of amides is 1. The predicted octanol–water partition coefficient (Wildman–Crippen LogP) is 0.106. The van der Waals surface area contributed by atoms with Crippen molar-refractivity contribution in [3.8, 4) is 0 Å². The highest BCUT2D eigenvalue weighted by atomic mass is 16.1. The number of Topliss-reactive ketones (excluding diaryl/α,β-unsaturated/α-hetero) is 1. The summed E-state index contributed by atoms with van der Waals surface area (Å²) in [4.78, 5) is 22.8. The maximum atomic E-state index is 11.8. The van der Waals surface area contributed by atoms with Crippen LogP contribution in [-0.4, -0.2) is 23.3 Å². The molecule has 78 valence electrons. The highest BCUT2D eigenvalue weighted by Crippen LogP contribution is 2.34. The molecule has 2 fully saturated rings. The van der Waals surface area contributed by atoms with Crippen LogP contribution < -0.4 is 11.1 Å². The molecule has 2 unspecified atom stereocenters. The first-order chi connectivity index (χ1) is 6.64. The zero-order chi connectivity index (χ0) is 10.2. The van der Waals surface area contributed by atoms with E-state index in [1.165, 1.54) is 0 Å². The van der Waals surface area contributed by atoms with E-state index in [4.69, 9.17) is 5.73 Å². The van der Waals surface area contributed by atoms with Gasteiger partial charge in [0.15, 0.2) is 5.78 Å². The van der Waals surface area contributed by atoms with E-state index in [9.17, 15) is 9.59 Å². The minimum Gasteiger partial charge on any atom is -0.368 e. The standard InChI is InChI=1S/C10H16N2O2/c11-9(14)7-4-6-10(12-7)5-2-1-3-8(10)13/h7,12H,1-6H2,(H2,11,14). The van der Waals surface area contributed by atoms with Crippen LogP contribution in [0.25, 0.3) is 0 Å². The molecule has 1 amide bonds. The molecule has 0 bridgehead atoms. The normalized spacial score (nSPS) is 37.7. The molecule has 1 heterocycles. The molecule has 0 aromatic carbocycles. The average Bonchev–Trinajstić information content (AvgIpc) is 2.56. The van der Waals surface area contributed by atoms with Gasteiger partial charge in [-0.05, 0) is 25.7 Å². The number of hydrogen-bond acceptors (Lipinski definition) is 3. The molecule has 1 saturated heterocycles. The molecule has 0 radical (unpaired) electrons. The quantitative estimate of drug-likeness (QED) is 0.625. The van der Waals surface area contributed by atoms with Crippen LogP contribution in [0, 0.1) is 0 Å². The Hall–Kier alpha value is -0.900. The van der Waals surface area contributed by atoms with Crippen LogP contribution in [0.1, 0.15) is 38.5 Å². The Morgan fingerprint density at radius 3 is 2.79 bits per heavy atom. The number of nitrogens with two attached hydrogens (primary N) is 1. The molecular weight excluding hydrogens is 180 g/mol. The van der Waals surface area contributed by atoms with Crippen LogP contribution in [0.5, 0.6) is 0 Å². The maximum absolute atomic E-state index is 11.8. The predicted molar refractivity (Wildman–Crippen MR) is 51.6 cm³/mol. The Morgan fingerprint density at radius 2 is 2.21 bits per heavy atom. The Bertz CT molecular complexity index is 277. The van der Waals surface area contributed by atoms with Gasteiger partial charge in [-0.1, -0.05) is 6.42 Å². The van der Waals surface area contributed by atoms with E-state index < -0.39 is 5.54 Å². The van der Waals surface area contributed by atoms with Crippen LogP contribution in [0.3, 0.4) is 0 Å². The summed E-state index contributed by atoms with van der Waals surface area (Å²) in [6, 6.07) is -0.294. The second-order valence-electron chi connectivity index (χ2n) is 4.35. The summed E-state index contributed by atoms with van der Waals surface area (Å²) in [5.41, 5.74) is 4.82. The first-order valence-corrected chi connectivity index (χ1v) is 5.24. The van der Waals surface area contributed by atoms with E-state index >= 15 is 0 Å². The lowest BCUT2D eigenvalue weighted by molar-refractivity contribution is -0.127. The highest BCUT2D eigenvalue weighted by molar-refractivity contribution is 5.91. The topological polar surface area (TPSA) is 72.2 Å². The summed E-state index contributed by atoms with van der Waals surface area (Å²) in [6.07, 6.45) is 5.07. The lowest BCUT2D eigenvalue weighted by Gasteiger charge is -2.32. The summed E-state index contributed by atoms with van der Waals surface area (Å²) in [5, 5.41) is 3.13. The monoisotopic (exact) mass is 196 g/mol. The fourth-order valence-electron chi connectivity index (χ4n) is 2.59. The van der Waals surface area contributed by atoms with Crippen LogP contribution >= 0.6 is 0 Å². The molecule has 4 heteroatoms. The molecule has 1 spiro atoms. The third-order valence-electron chi connectivity index (χ3n) is 3.44. The summed E-state index contributed by atoms with van der Waals surface area (Å²) < 4.78 is 0. The van der Waals surface area contributed by atoms with Gasteiger partial charge in [-0.3, -0.25) is 14.9 Å². The van der Waals surface area contributed by atoms with Gasteiger partial charge in [-0.15, -0.1) is 0 Å². The van der Waals surface area contributed by atoms with Crippen molar-refractivity contribution in [3.05, 3.63) is 0 Å². The average molecular weight is 196 g/mol. The molecule has 3 N–H and O–H groups in total. The molecular formula is C10H16N2O2. The summed E-state index contributed by atoms with van der Waals surface area (Å²) >= 11 is 0. The molecule has 1 aliphatic carbocycles. The van der Waals surface area contributed by atoms with Gasteiger partial charge < -0.3 is 5.73 Å². The zero-order valence-corrected chi connectivity index (χ0v) is 8.21. The van der Waals surface area contributed by atoms with Crippen molar-refractivity contribution in [1.29, 1.82) is 0 Å². The molecule has 2 rings (SSSR count). The van der Waals surface area contributed by atoms with Crippen molar-refractivity contribution in [1.82, 2.24) is 5.32 Å². The lowest BCUT2D eigenvalue weighted by atomic mass is 9.80. The molecule has 14 heavy (non-hydrogen) atoms. The number of hydrogen-bond donors (Lipinski definition) is 2. The van der Waals surface area contributed by atoms with Gasteiger partial charge in [0, 0.05) is 6.42 Å². The number of nitrogens with one attached hydrogen (secondary N) is 1. The van der Waals surface area contributed by atoms with Gasteiger partial charge in [0.1, 0.15) is 0 Å². The first kappa shape index (κ1) is 9.65. The fraction of sp³-hybridized carbons (Fsp3) is 0.800. The Morgan fingerprint density at radius 1 is 1.43 bits per heavy atom. The second kappa shape index (κ2) is 3.35. The van der Waals surface area contributed by atoms with Crippen molar-refractivity contribution >= 4 is 11.7 Å². The summed E-state index contributed by atoms with van der Waals surface area (Å²) in [5.74, 6) is -0.0623. The fourth-order valence-corrected chi connectivity index (χ4v) is 2.59. The molecule has 1 aliphatic heterocycles. The SMILES string of the molecule is NC(=O)C1CCC2(CCCCC2=O)N1. The molecule has 1 saturated carbocycles. The number of primary amides is 1. The Kier molecular flexibility index (Phi) is 2.31. The van der Waals surface area contributed by atoms with Crippen LogP contribution in [0.15, 0.2) is 0 Å². The maximum Gasteiger partial charge on any atom is 0.234 e. The van der Waals surface area contributed by atoms with E-state index in [0.29, 0.717) is 12.8 Å². The van der Waals surface area contributed by atoms with E-state index in [0.717, 1.165) is 25.7 Å².